The second-order valence-electron chi connectivity index (χ2n) is 8.30. The number of fused-ring (bicyclic) bond motifs is 3. The highest BCUT2D eigenvalue weighted by Gasteiger charge is 2.45. The first-order valence-corrected chi connectivity index (χ1v) is 11.0. The molecule has 1 aromatic heterocycles. The van der Waals surface area contributed by atoms with Crippen LogP contribution in [-0.2, 0) is 0 Å². The number of anilines is 2. The van der Waals surface area contributed by atoms with Gasteiger partial charge in [0.1, 0.15) is 0 Å². The van der Waals surface area contributed by atoms with Crippen molar-refractivity contribution in [2.24, 2.45) is 5.92 Å². The van der Waals surface area contributed by atoms with E-state index in [1.807, 2.05) is 0 Å². The highest BCUT2D eigenvalue weighted by molar-refractivity contribution is 7.19. The smallest absolute Gasteiger partial charge is 0.321 e. The summed E-state index contributed by atoms with van der Waals surface area (Å²) >= 11 is 1.49. The van der Waals surface area contributed by atoms with Crippen molar-refractivity contribution in [2.75, 3.05) is 29.9 Å². The molecule has 3 atom stereocenters. The molecule has 2 aliphatic carbocycles. The number of hydrogen-bond acceptors (Lipinski definition) is 6. The lowest BCUT2D eigenvalue weighted by Gasteiger charge is -2.39. The first-order valence-electron chi connectivity index (χ1n) is 10.2. The van der Waals surface area contributed by atoms with Crippen LogP contribution in [0.1, 0.15) is 51.4 Å². The number of piperazine rings is 1. The SMILES string of the molecule is O=C(Nc1nnc(N2CCN3C(CC4CCCC43)C2)s1)NC1CCCC1. The Kier molecular flexibility index (Phi) is 4.48. The minimum atomic E-state index is -0.145. The van der Waals surface area contributed by atoms with Crippen LogP contribution in [0.4, 0.5) is 15.1 Å². The van der Waals surface area contributed by atoms with Crippen molar-refractivity contribution < 1.29 is 4.79 Å². The number of amides is 2. The van der Waals surface area contributed by atoms with Gasteiger partial charge in [0.05, 0.1) is 0 Å². The van der Waals surface area contributed by atoms with E-state index < -0.39 is 0 Å². The predicted molar refractivity (Wildman–Crippen MR) is 103 cm³/mol. The van der Waals surface area contributed by atoms with E-state index in [0.717, 1.165) is 49.6 Å². The highest BCUT2D eigenvalue weighted by Crippen LogP contribution is 2.43. The summed E-state index contributed by atoms with van der Waals surface area (Å²) in [6, 6.07) is 1.68. The van der Waals surface area contributed by atoms with E-state index in [4.69, 9.17) is 0 Å². The van der Waals surface area contributed by atoms with Gasteiger partial charge in [0.15, 0.2) is 0 Å². The van der Waals surface area contributed by atoms with Gasteiger partial charge in [-0.05, 0) is 38.0 Å². The molecule has 4 aliphatic rings. The second kappa shape index (κ2) is 6.96. The molecule has 2 saturated heterocycles. The largest absolute Gasteiger partial charge is 0.344 e. The van der Waals surface area contributed by atoms with Gasteiger partial charge in [0.2, 0.25) is 10.3 Å². The molecule has 3 heterocycles. The van der Waals surface area contributed by atoms with Crippen LogP contribution in [0.25, 0.3) is 0 Å². The van der Waals surface area contributed by atoms with Crippen LogP contribution in [0.3, 0.4) is 0 Å². The number of nitrogens with zero attached hydrogens (tertiary/aromatic N) is 4. The van der Waals surface area contributed by atoms with Crippen molar-refractivity contribution in [2.45, 2.75) is 69.5 Å². The zero-order valence-corrected chi connectivity index (χ0v) is 16.0. The van der Waals surface area contributed by atoms with Gasteiger partial charge >= 0.3 is 6.03 Å². The fraction of sp³-hybridized carbons (Fsp3) is 0.833. The molecule has 0 spiro atoms. The molecule has 142 valence electrons. The summed E-state index contributed by atoms with van der Waals surface area (Å²) in [5, 5.41) is 16.0. The lowest BCUT2D eigenvalue weighted by Crippen LogP contribution is -2.52. The van der Waals surface area contributed by atoms with Crippen LogP contribution in [-0.4, -0.2) is 58.9 Å². The number of hydrogen-bond donors (Lipinski definition) is 2. The average molecular weight is 377 g/mol. The third kappa shape index (κ3) is 3.17. The van der Waals surface area contributed by atoms with Crippen LogP contribution in [0.2, 0.25) is 0 Å². The topological polar surface area (TPSA) is 73.4 Å². The summed E-state index contributed by atoms with van der Waals surface area (Å²) in [4.78, 5) is 17.2. The van der Waals surface area contributed by atoms with E-state index in [1.165, 1.54) is 49.9 Å². The Bertz CT molecular complexity index is 660. The molecule has 7 nitrogen and oxygen atoms in total. The molecule has 26 heavy (non-hydrogen) atoms. The third-order valence-corrected chi connectivity index (χ3v) is 7.64. The van der Waals surface area contributed by atoms with Crippen molar-refractivity contribution >= 4 is 27.6 Å². The summed E-state index contributed by atoms with van der Waals surface area (Å²) in [5.41, 5.74) is 0. The Morgan fingerprint density at radius 2 is 1.96 bits per heavy atom. The van der Waals surface area contributed by atoms with Crippen molar-refractivity contribution in [3.8, 4) is 0 Å². The third-order valence-electron chi connectivity index (χ3n) is 6.74. The quantitative estimate of drug-likeness (QED) is 0.848. The molecule has 3 unspecified atom stereocenters. The number of carbonyl (C=O) groups is 1. The molecule has 2 N–H and O–H groups in total. The van der Waals surface area contributed by atoms with Gasteiger partial charge in [-0.2, -0.15) is 0 Å². The van der Waals surface area contributed by atoms with E-state index in [-0.39, 0.29) is 6.03 Å². The van der Waals surface area contributed by atoms with Gasteiger partial charge < -0.3 is 10.2 Å². The van der Waals surface area contributed by atoms with Crippen LogP contribution < -0.4 is 15.5 Å². The van der Waals surface area contributed by atoms with Crippen molar-refractivity contribution in [3.63, 3.8) is 0 Å². The summed E-state index contributed by atoms with van der Waals surface area (Å²) in [6.07, 6.45) is 10.2. The summed E-state index contributed by atoms with van der Waals surface area (Å²) in [6.45, 7) is 3.20. The molecule has 2 saturated carbocycles. The van der Waals surface area contributed by atoms with Crippen LogP contribution in [0.5, 0.6) is 0 Å². The Hall–Kier alpha value is -1.41. The number of aromatic nitrogens is 2. The van der Waals surface area contributed by atoms with Gasteiger partial charge in [0, 0.05) is 37.8 Å². The number of carbonyl (C=O) groups excluding carboxylic acids is 1. The Balaban J connectivity index is 1.17. The predicted octanol–water partition coefficient (Wildman–Crippen LogP) is 2.67. The fourth-order valence-corrected chi connectivity index (χ4v) is 6.33. The molecular formula is C18H28N6OS. The average Bonchev–Trinajstić information content (AvgIpc) is 3.38. The zero-order valence-electron chi connectivity index (χ0n) is 15.2. The van der Waals surface area contributed by atoms with Gasteiger partial charge in [0.25, 0.3) is 0 Å². The molecule has 5 rings (SSSR count). The van der Waals surface area contributed by atoms with Gasteiger partial charge in [-0.1, -0.05) is 30.6 Å². The first-order chi connectivity index (χ1) is 12.8. The molecular weight excluding hydrogens is 348 g/mol. The molecule has 1 aromatic rings. The minimum Gasteiger partial charge on any atom is -0.344 e. The highest BCUT2D eigenvalue weighted by atomic mass is 32.1. The van der Waals surface area contributed by atoms with Crippen LogP contribution in [0, 0.1) is 5.92 Å². The molecule has 0 bridgehead atoms. The van der Waals surface area contributed by atoms with Gasteiger partial charge in [-0.3, -0.25) is 10.2 Å². The summed E-state index contributed by atoms with van der Waals surface area (Å²) in [5.74, 6) is 0.922. The minimum absolute atomic E-state index is 0.145. The van der Waals surface area contributed by atoms with E-state index in [1.54, 1.807) is 0 Å². The van der Waals surface area contributed by atoms with E-state index in [9.17, 15) is 4.79 Å². The number of urea groups is 1. The van der Waals surface area contributed by atoms with Gasteiger partial charge in [-0.15, -0.1) is 10.2 Å². The number of rotatable bonds is 3. The molecule has 0 aromatic carbocycles. The monoisotopic (exact) mass is 376 g/mol. The Labute approximate surface area is 158 Å². The lowest BCUT2D eigenvalue weighted by atomic mass is 10.0. The van der Waals surface area contributed by atoms with E-state index in [0.29, 0.717) is 17.2 Å². The molecule has 4 fully saturated rings. The second-order valence-corrected chi connectivity index (χ2v) is 9.26. The Morgan fingerprint density at radius 3 is 2.85 bits per heavy atom. The maximum atomic E-state index is 12.1. The fourth-order valence-electron chi connectivity index (χ4n) is 5.55. The van der Waals surface area contributed by atoms with E-state index in [2.05, 4.69) is 30.6 Å². The standard InChI is InChI=1S/C18H28N6OS/c25-16(19-13-5-1-2-6-13)20-17-21-22-18(26-17)23-8-9-24-14(11-23)10-12-4-3-7-15(12)24/h12-15H,1-11H2,(H2,19,20,21,25). The van der Waals surface area contributed by atoms with Crippen molar-refractivity contribution in [3.05, 3.63) is 0 Å². The molecule has 0 radical (unpaired) electrons. The van der Waals surface area contributed by atoms with E-state index >= 15 is 0 Å². The van der Waals surface area contributed by atoms with Gasteiger partial charge in [-0.25, -0.2) is 4.79 Å². The maximum absolute atomic E-state index is 12.1. The van der Waals surface area contributed by atoms with Crippen molar-refractivity contribution in [1.29, 1.82) is 0 Å². The summed E-state index contributed by atoms with van der Waals surface area (Å²) in [7, 11) is 0. The van der Waals surface area contributed by atoms with Crippen LogP contribution >= 0.6 is 11.3 Å². The number of nitrogens with one attached hydrogen (secondary N) is 2. The Morgan fingerprint density at radius 1 is 1.08 bits per heavy atom. The molecule has 2 aliphatic heterocycles. The van der Waals surface area contributed by atoms with Crippen molar-refractivity contribution in [1.82, 2.24) is 20.4 Å². The lowest BCUT2D eigenvalue weighted by molar-refractivity contribution is 0.170. The first kappa shape index (κ1) is 16.7. The normalized spacial score (nSPS) is 31.8. The molecule has 8 heteroatoms. The maximum Gasteiger partial charge on any atom is 0.321 e. The molecule has 2 amide bonds. The van der Waals surface area contributed by atoms with Crippen LogP contribution in [0.15, 0.2) is 0 Å². The zero-order chi connectivity index (χ0) is 17.5. The summed E-state index contributed by atoms with van der Waals surface area (Å²) < 4.78 is 0.